The van der Waals surface area contributed by atoms with Gasteiger partial charge in [0, 0.05) is 5.92 Å². The molecule has 3 rings (SSSR count). The maximum atomic E-state index is 12.2. The van der Waals surface area contributed by atoms with Crippen LogP contribution in [0.2, 0.25) is 0 Å². The van der Waals surface area contributed by atoms with E-state index in [4.69, 9.17) is 9.84 Å². The molecule has 0 bridgehead atoms. The van der Waals surface area contributed by atoms with Gasteiger partial charge in [-0.15, -0.1) is 0 Å². The molecule has 1 aliphatic carbocycles. The maximum Gasteiger partial charge on any atom is 0.407 e. The molecule has 0 aliphatic heterocycles. The van der Waals surface area contributed by atoms with Gasteiger partial charge in [-0.05, 0) is 28.2 Å². The molecule has 3 N–H and O–H groups in total. The van der Waals surface area contributed by atoms with E-state index >= 15 is 0 Å². The molecule has 2 atom stereocenters. The number of carboxylic acids is 2. The van der Waals surface area contributed by atoms with E-state index < -0.39 is 30.0 Å². The van der Waals surface area contributed by atoms with Crippen molar-refractivity contribution in [2.24, 2.45) is 5.92 Å². The standard InChI is InChI=1S/C21H21NO6/c1-12(10-18(23)24)19(20(25)26)22-21(27)28-11-17-15-8-4-2-6-13(15)14-7-3-5-9-16(14)17/h2-9,12,17,19H,10-11H2,1H3,(H,22,27)(H,23,24)(H,25,26)/t12-,19-/m0/s1. The Hall–Kier alpha value is -3.35. The molecule has 0 radical (unpaired) electrons. The molecule has 2 aromatic rings. The lowest BCUT2D eigenvalue weighted by atomic mass is 9.98. The molecule has 0 spiro atoms. The van der Waals surface area contributed by atoms with Crippen LogP contribution in [-0.2, 0) is 14.3 Å². The first-order chi connectivity index (χ1) is 13.4. The fraction of sp³-hybridized carbons (Fsp3) is 0.286. The molecule has 0 aromatic heterocycles. The molecular weight excluding hydrogens is 362 g/mol. The number of carboxylic acid groups (broad SMARTS) is 2. The smallest absolute Gasteiger partial charge is 0.407 e. The Bertz CT molecular complexity index is 864. The van der Waals surface area contributed by atoms with E-state index in [1.165, 1.54) is 6.92 Å². The summed E-state index contributed by atoms with van der Waals surface area (Å²) in [5, 5.41) is 20.4. The monoisotopic (exact) mass is 383 g/mol. The fourth-order valence-corrected chi connectivity index (χ4v) is 3.61. The number of benzene rings is 2. The zero-order valence-electron chi connectivity index (χ0n) is 15.3. The van der Waals surface area contributed by atoms with Crippen LogP contribution in [0.3, 0.4) is 0 Å². The summed E-state index contributed by atoms with van der Waals surface area (Å²) in [5.74, 6) is -3.36. The number of hydrogen-bond acceptors (Lipinski definition) is 4. The highest BCUT2D eigenvalue weighted by atomic mass is 16.5. The van der Waals surface area contributed by atoms with Gasteiger partial charge in [-0.25, -0.2) is 9.59 Å². The minimum absolute atomic E-state index is 0.0551. The molecule has 7 nitrogen and oxygen atoms in total. The van der Waals surface area contributed by atoms with Crippen LogP contribution in [0.4, 0.5) is 4.79 Å². The van der Waals surface area contributed by atoms with Crippen molar-refractivity contribution in [3.05, 3.63) is 59.7 Å². The fourth-order valence-electron chi connectivity index (χ4n) is 3.61. The molecule has 0 saturated heterocycles. The molecule has 0 unspecified atom stereocenters. The van der Waals surface area contributed by atoms with Gasteiger partial charge in [-0.3, -0.25) is 4.79 Å². The third-order valence-corrected chi connectivity index (χ3v) is 4.95. The van der Waals surface area contributed by atoms with Gasteiger partial charge in [0.1, 0.15) is 12.6 Å². The van der Waals surface area contributed by atoms with Crippen molar-refractivity contribution in [2.75, 3.05) is 6.61 Å². The average molecular weight is 383 g/mol. The molecule has 2 aromatic carbocycles. The number of fused-ring (bicyclic) bond motifs is 3. The Morgan fingerprint density at radius 2 is 1.54 bits per heavy atom. The van der Waals surface area contributed by atoms with Crippen molar-refractivity contribution in [2.45, 2.75) is 25.3 Å². The van der Waals surface area contributed by atoms with E-state index in [1.807, 2.05) is 48.5 Å². The van der Waals surface area contributed by atoms with Crippen LogP contribution < -0.4 is 5.32 Å². The van der Waals surface area contributed by atoms with Crippen LogP contribution in [0.5, 0.6) is 0 Å². The maximum absolute atomic E-state index is 12.2. The summed E-state index contributed by atoms with van der Waals surface area (Å²) in [6, 6.07) is 14.4. The molecule has 1 aliphatic rings. The van der Waals surface area contributed by atoms with Crippen LogP contribution in [-0.4, -0.2) is 40.9 Å². The number of ether oxygens (including phenoxy) is 1. The zero-order chi connectivity index (χ0) is 20.3. The zero-order valence-corrected chi connectivity index (χ0v) is 15.3. The Labute approximate surface area is 162 Å². The summed E-state index contributed by atoms with van der Waals surface area (Å²) in [6.45, 7) is 1.51. The predicted molar refractivity (Wildman–Crippen MR) is 101 cm³/mol. The first-order valence-electron chi connectivity index (χ1n) is 8.94. The Morgan fingerprint density at radius 1 is 1.00 bits per heavy atom. The van der Waals surface area contributed by atoms with Crippen LogP contribution in [0.15, 0.2) is 48.5 Å². The summed E-state index contributed by atoms with van der Waals surface area (Å²) < 4.78 is 5.31. The van der Waals surface area contributed by atoms with Crippen molar-refractivity contribution in [3.8, 4) is 11.1 Å². The molecule has 0 fully saturated rings. The number of aliphatic carboxylic acids is 2. The Balaban J connectivity index is 1.69. The van der Waals surface area contributed by atoms with Gasteiger partial charge < -0.3 is 20.3 Å². The predicted octanol–water partition coefficient (Wildman–Crippen LogP) is 3.09. The molecule has 0 heterocycles. The quantitative estimate of drug-likeness (QED) is 0.677. The van der Waals surface area contributed by atoms with E-state index in [0.717, 1.165) is 22.3 Å². The van der Waals surface area contributed by atoms with Crippen LogP contribution in [0.1, 0.15) is 30.4 Å². The largest absolute Gasteiger partial charge is 0.481 e. The number of nitrogens with one attached hydrogen (secondary N) is 1. The second kappa shape index (κ2) is 8.12. The van der Waals surface area contributed by atoms with Crippen molar-refractivity contribution >= 4 is 18.0 Å². The van der Waals surface area contributed by atoms with E-state index in [0.29, 0.717) is 0 Å². The first kappa shape index (κ1) is 19.4. The number of amides is 1. The topological polar surface area (TPSA) is 113 Å². The molecular formula is C21H21NO6. The van der Waals surface area contributed by atoms with Gasteiger partial charge in [0.05, 0.1) is 6.42 Å². The summed E-state index contributed by atoms with van der Waals surface area (Å²) >= 11 is 0. The minimum Gasteiger partial charge on any atom is -0.481 e. The molecule has 1 amide bonds. The SMILES string of the molecule is C[C@@H](CC(=O)O)[C@H](NC(=O)OCC1c2ccccc2-c2ccccc21)C(=O)O. The van der Waals surface area contributed by atoms with Gasteiger partial charge in [0.15, 0.2) is 0 Å². The summed E-state index contributed by atoms with van der Waals surface area (Å²) in [7, 11) is 0. The Morgan fingerprint density at radius 3 is 2.04 bits per heavy atom. The second-order valence-electron chi connectivity index (χ2n) is 6.86. The molecule has 28 heavy (non-hydrogen) atoms. The highest BCUT2D eigenvalue weighted by Gasteiger charge is 2.31. The molecule has 146 valence electrons. The van der Waals surface area contributed by atoms with Gasteiger partial charge in [0.25, 0.3) is 0 Å². The number of alkyl carbamates (subject to hydrolysis) is 1. The van der Waals surface area contributed by atoms with Crippen molar-refractivity contribution in [1.82, 2.24) is 5.32 Å². The van der Waals surface area contributed by atoms with Gasteiger partial charge in [-0.1, -0.05) is 55.5 Å². The van der Waals surface area contributed by atoms with Gasteiger partial charge >= 0.3 is 18.0 Å². The Kier molecular flexibility index (Phi) is 5.63. The summed E-state index contributed by atoms with van der Waals surface area (Å²) in [4.78, 5) is 34.4. The van der Waals surface area contributed by atoms with E-state index in [-0.39, 0.29) is 18.9 Å². The van der Waals surface area contributed by atoms with E-state index in [9.17, 15) is 19.5 Å². The highest BCUT2D eigenvalue weighted by Crippen LogP contribution is 2.44. The van der Waals surface area contributed by atoms with Crippen molar-refractivity contribution < 1.29 is 29.3 Å². The summed E-state index contributed by atoms with van der Waals surface area (Å²) in [5.41, 5.74) is 4.27. The van der Waals surface area contributed by atoms with Gasteiger partial charge in [-0.2, -0.15) is 0 Å². The lowest BCUT2D eigenvalue weighted by Gasteiger charge is -2.21. The van der Waals surface area contributed by atoms with Crippen molar-refractivity contribution in [1.29, 1.82) is 0 Å². The second-order valence-corrected chi connectivity index (χ2v) is 6.86. The normalized spacial score (nSPS) is 14.5. The third-order valence-electron chi connectivity index (χ3n) is 4.95. The average Bonchev–Trinajstić information content (AvgIpc) is 2.97. The molecule has 0 saturated carbocycles. The summed E-state index contributed by atoms with van der Waals surface area (Å²) in [6.07, 6.45) is -1.26. The molecule has 7 heteroatoms. The van der Waals surface area contributed by atoms with Crippen LogP contribution >= 0.6 is 0 Å². The van der Waals surface area contributed by atoms with Crippen LogP contribution in [0, 0.1) is 5.92 Å². The highest BCUT2D eigenvalue weighted by molar-refractivity contribution is 5.82. The lowest BCUT2D eigenvalue weighted by Crippen LogP contribution is -2.46. The number of hydrogen-bond donors (Lipinski definition) is 3. The van der Waals surface area contributed by atoms with Crippen LogP contribution in [0.25, 0.3) is 11.1 Å². The number of rotatable bonds is 7. The van der Waals surface area contributed by atoms with Crippen molar-refractivity contribution in [3.63, 3.8) is 0 Å². The van der Waals surface area contributed by atoms with E-state index in [2.05, 4.69) is 5.32 Å². The third kappa shape index (κ3) is 3.98. The minimum atomic E-state index is -1.34. The number of carbonyl (C=O) groups excluding carboxylic acids is 1. The first-order valence-corrected chi connectivity index (χ1v) is 8.94. The van der Waals surface area contributed by atoms with Gasteiger partial charge in [0.2, 0.25) is 0 Å². The number of carbonyl (C=O) groups is 3. The lowest BCUT2D eigenvalue weighted by molar-refractivity contribution is -0.142. The van der Waals surface area contributed by atoms with E-state index in [1.54, 1.807) is 0 Å².